The first-order valence-corrected chi connectivity index (χ1v) is 8.28. The summed E-state index contributed by atoms with van der Waals surface area (Å²) in [5, 5.41) is 2.86. The molecule has 0 aliphatic carbocycles. The van der Waals surface area contributed by atoms with Gasteiger partial charge in [-0.1, -0.05) is 30.3 Å². The van der Waals surface area contributed by atoms with Crippen molar-refractivity contribution in [2.24, 2.45) is 0 Å². The zero-order valence-corrected chi connectivity index (χ0v) is 14.3. The average molecular weight is 362 g/mol. The van der Waals surface area contributed by atoms with Crippen LogP contribution in [0.3, 0.4) is 0 Å². The fraction of sp³-hybridized carbons (Fsp3) is 0.316. The van der Waals surface area contributed by atoms with E-state index >= 15 is 0 Å². The van der Waals surface area contributed by atoms with Crippen LogP contribution in [0.2, 0.25) is 0 Å². The second kappa shape index (κ2) is 8.03. The number of para-hydroxylation sites is 1. The molecule has 138 valence electrons. The Morgan fingerprint density at radius 2 is 2.00 bits per heavy atom. The lowest BCUT2D eigenvalue weighted by molar-refractivity contribution is -0.0498. The Labute approximate surface area is 150 Å². The zero-order valence-electron chi connectivity index (χ0n) is 14.3. The van der Waals surface area contributed by atoms with E-state index in [1.807, 2.05) is 24.3 Å². The molecule has 1 aliphatic heterocycles. The van der Waals surface area contributed by atoms with Gasteiger partial charge in [-0.3, -0.25) is 0 Å². The van der Waals surface area contributed by atoms with Crippen molar-refractivity contribution in [1.82, 2.24) is 10.2 Å². The second-order valence-corrected chi connectivity index (χ2v) is 6.12. The summed E-state index contributed by atoms with van der Waals surface area (Å²) in [6, 6.07) is 13.8. The maximum Gasteiger partial charge on any atom is 0.387 e. The first-order valence-electron chi connectivity index (χ1n) is 8.28. The van der Waals surface area contributed by atoms with Crippen LogP contribution in [0.15, 0.2) is 48.5 Å². The molecular formula is C19H20F2N2O3. The van der Waals surface area contributed by atoms with Crippen LogP contribution >= 0.6 is 0 Å². The second-order valence-electron chi connectivity index (χ2n) is 6.12. The lowest BCUT2D eigenvalue weighted by atomic mass is 10.1. The van der Waals surface area contributed by atoms with E-state index in [1.54, 1.807) is 19.2 Å². The summed E-state index contributed by atoms with van der Waals surface area (Å²) in [7, 11) is 1.67. The topological polar surface area (TPSA) is 50.8 Å². The highest BCUT2D eigenvalue weighted by molar-refractivity contribution is 5.73. The van der Waals surface area contributed by atoms with Gasteiger partial charge in [0.15, 0.2) is 0 Å². The molecule has 0 aromatic heterocycles. The number of rotatable bonds is 6. The summed E-state index contributed by atoms with van der Waals surface area (Å²) in [6.07, 6.45) is 0.696. The van der Waals surface area contributed by atoms with Crippen molar-refractivity contribution in [3.05, 3.63) is 59.7 Å². The third-order valence-corrected chi connectivity index (χ3v) is 4.11. The van der Waals surface area contributed by atoms with Gasteiger partial charge in [0.2, 0.25) is 0 Å². The monoisotopic (exact) mass is 362 g/mol. The van der Waals surface area contributed by atoms with E-state index in [2.05, 4.69) is 10.1 Å². The van der Waals surface area contributed by atoms with Crippen LogP contribution in [0, 0.1) is 0 Å². The molecule has 0 saturated carbocycles. The predicted octanol–water partition coefficient (Wildman–Crippen LogP) is 3.43. The van der Waals surface area contributed by atoms with Gasteiger partial charge in [-0.15, -0.1) is 0 Å². The molecule has 2 amide bonds. The average Bonchev–Trinajstić information content (AvgIpc) is 3.03. The van der Waals surface area contributed by atoms with Crippen LogP contribution in [0.25, 0.3) is 0 Å². The van der Waals surface area contributed by atoms with E-state index in [1.165, 1.54) is 17.0 Å². The minimum atomic E-state index is -2.85. The quantitative estimate of drug-likeness (QED) is 0.857. The van der Waals surface area contributed by atoms with Gasteiger partial charge in [-0.25, -0.2) is 4.79 Å². The fourth-order valence-corrected chi connectivity index (χ4v) is 2.83. The highest BCUT2D eigenvalue weighted by Crippen LogP contribution is 2.27. The van der Waals surface area contributed by atoms with Crippen LogP contribution in [0.4, 0.5) is 13.6 Å². The fourth-order valence-electron chi connectivity index (χ4n) is 2.83. The molecular weight excluding hydrogens is 342 g/mol. The Kier molecular flexibility index (Phi) is 5.55. The number of halogens is 2. The van der Waals surface area contributed by atoms with Crippen molar-refractivity contribution in [2.75, 3.05) is 13.6 Å². The molecule has 1 N–H and O–H groups in total. The van der Waals surface area contributed by atoms with Crippen molar-refractivity contribution in [3.8, 4) is 11.5 Å². The number of carbonyl (C=O) groups excluding carboxylic acids is 1. The SMILES string of the molecule is CN(Cc1ccc(OC(F)F)cc1)C(=O)NCC1Cc2ccccc2O1. The maximum atomic E-state index is 12.2. The summed E-state index contributed by atoms with van der Waals surface area (Å²) in [6.45, 7) is -2.08. The van der Waals surface area contributed by atoms with E-state index in [-0.39, 0.29) is 17.9 Å². The van der Waals surface area contributed by atoms with E-state index < -0.39 is 6.61 Å². The van der Waals surface area contributed by atoms with Gasteiger partial charge in [0.1, 0.15) is 17.6 Å². The Morgan fingerprint density at radius 1 is 1.27 bits per heavy atom. The maximum absolute atomic E-state index is 12.2. The number of carbonyl (C=O) groups is 1. The van der Waals surface area contributed by atoms with Crippen LogP contribution in [0.1, 0.15) is 11.1 Å². The van der Waals surface area contributed by atoms with Gasteiger partial charge in [0.25, 0.3) is 0 Å². The number of amides is 2. The Morgan fingerprint density at radius 3 is 2.69 bits per heavy atom. The predicted molar refractivity (Wildman–Crippen MR) is 92.5 cm³/mol. The number of ether oxygens (including phenoxy) is 2. The molecule has 1 atom stereocenters. The molecule has 0 spiro atoms. The van der Waals surface area contributed by atoms with Crippen molar-refractivity contribution in [2.45, 2.75) is 25.7 Å². The molecule has 5 nitrogen and oxygen atoms in total. The van der Waals surface area contributed by atoms with Crippen LogP contribution < -0.4 is 14.8 Å². The number of hydrogen-bond acceptors (Lipinski definition) is 3. The van der Waals surface area contributed by atoms with E-state index in [9.17, 15) is 13.6 Å². The van der Waals surface area contributed by atoms with E-state index in [0.29, 0.717) is 13.1 Å². The molecule has 0 bridgehead atoms. The van der Waals surface area contributed by atoms with Crippen molar-refractivity contribution in [1.29, 1.82) is 0 Å². The molecule has 0 radical (unpaired) electrons. The molecule has 3 rings (SSSR count). The molecule has 0 fully saturated rings. The van der Waals surface area contributed by atoms with Crippen molar-refractivity contribution < 1.29 is 23.0 Å². The molecule has 7 heteroatoms. The van der Waals surface area contributed by atoms with E-state index in [4.69, 9.17) is 4.74 Å². The lowest BCUT2D eigenvalue weighted by Gasteiger charge is -2.20. The molecule has 26 heavy (non-hydrogen) atoms. The van der Waals surface area contributed by atoms with E-state index in [0.717, 1.165) is 23.3 Å². The van der Waals surface area contributed by atoms with Gasteiger partial charge in [-0.05, 0) is 29.3 Å². The molecule has 1 unspecified atom stereocenters. The number of benzene rings is 2. The molecule has 1 aliphatic rings. The smallest absolute Gasteiger partial charge is 0.387 e. The highest BCUT2D eigenvalue weighted by atomic mass is 19.3. The lowest BCUT2D eigenvalue weighted by Crippen LogP contribution is -2.41. The third kappa shape index (κ3) is 4.62. The summed E-state index contributed by atoms with van der Waals surface area (Å²) < 4.78 is 34.4. The Balaban J connectivity index is 1.45. The Hall–Kier alpha value is -2.83. The number of nitrogens with zero attached hydrogens (tertiary/aromatic N) is 1. The zero-order chi connectivity index (χ0) is 18.5. The summed E-state index contributed by atoms with van der Waals surface area (Å²) in [5.74, 6) is 0.958. The highest BCUT2D eigenvalue weighted by Gasteiger charge is 2.23. The first kappa shape index (κ1) is 18.0. The number of nitrogens with one attached hydrogen (secondary N) is 1. The minimum Gasteiger partial charge on any atom is -0.488 e. The first-order chi connectivity index (χ1) is 12.5. The van der Waals surface area contributed by atoms with Crippen molar-refractivity contribution >= 4 is 6.03 Å². The number of urea groups is 1. The summed E-state index contributed by atoms with van der Waals surface area (Å²) >= 11 is 0. The van der Waals surface area contributed by atoms with Gasteiger partial charge < -0.3 is 19.7 Å². The van der Waals surface area contributed by atoms with Crippen LogP contribution in [0.5, 0.6) is 11.5 Å². The number of hydrogen-bond donors (Lipinski definition) is 1. The van der Waals surface area contributed by atoms with Crippen LogP contribution in [-0.2, 0) is 13.0 Å². The standard InChI is InChI=1S/C19H20F2N2O3/c1-23(12-13-6-8-15(9-7-13)26-18(20)21)19(24)22-11-16-10-14-4-2-3-5-17(14)25-16/h2-9,16,18H,10-12H2,1H3,(H,22,24). The van der Waals surface area contributed by atoms with Crippen molar-refractivity contribution in [3.63, 3.8) is 0 Å². The van der Waals surface area contributed by atoms with Gasteiger partial charge in [0, 0.05) is 20.0 Å². The van der Waals surface area contributed by atoms with Gasteiger partial charge in [-0.2, -0.15) is 8.78 Å². The molecule has 2 aromatic rings. The normalized spacial score (nSPS) is 15.3. The van der Waals surface area contributed by atoms with Gasteiger partial charge in [0.05, 0.1) is 6.54 Å². The van der Waals surface area contributed by atoms with Crippen LogP contribution in [-0.4, -0.2) is 37.2 Å². The Bertz CT molecular complexity index is 728. The summed E-state index contributed by atoms with van der Waals surface area (Å²) in [5.41, 5.74) is 1.96. The largest absolute Gasteiger partial charge is 0.488 e. The molecule has 2 aromatic carbocycles. The molecule has 1 heterocycles. The van der Waals surface area contributed by atoms with Gasteiger partial charge >= 0.3 is 12.6 Å². The minimum absolute atomic E-state index is 0.0736. The number of fused-ring (bicyclic) bond motifs is 1. The number of alkyl halides is 2. The third-order valence-electron chi connectivity index (χ3n) is 4.11. The molecule has 0 saturated heterocycles. The summed E-state index contributed by atoms with van der Waals surface area (Å²) in [4.78, 5) is 13.7.